The van der Waals surface area contributed by atoms with E-state index in [1.165, 1.54) is 58.4 Å². The Bertz CT molecular complexity index is 3990. The van der Waals surface area contributed by atoms with E-state index in [1.54, 1.807) is 44.2 Å². The summed E-state index contributed by atoms with van der Waals surface area (Å²) in [7, 11) is 4.95. The summed E-state index contributed by atoms with van der Waals surface area (Å²) in [5, 5.41) is 45.9. The molecule has 0 fully saturated rings. The zero-order chi connectivity index (χ0) is 56.5. The second-order valence-corrected chi connectivity index (χ2v) is 17.9. The van der Waals surface area contributed by atoms with E-state index in [-0.39, 0.29) is 28.7 Å². The smallest absolute Gasteiger partial charge is 0.453 e. The average molecular weight is 1100 g/mol. The molecule has 0 atom stereocenters. The van der Waals surface area contributed by atoms with Crippen LogP contribution in [0.5, 0.6) is 17.2 Å². The zero-order valence-electron chi connectivity index (χ0n) is 43.0. The highest BCUT2D eigenvalue weighted by atomic mass is 19.4. The van der Waals surface area contributed by atoms with Crippen molar-refractivity contribution in [3.05, 3.63) is 150 Å². The molecule has 0 spiro atoms. The number of fused-ring (bicyclic) bond motifs is 3. The number of tetrazole rings is 1. The van der Waals surface area contributed by atoms with E-state index in [9.17, 15) is 30.7 Å². The Morgan fingerprint density at radius 3 is 1.73 bits per heavy atom. The molecular weight excluding hydrogens is 1060 g/mol. The lowest BCUT2D eigenvalue weighted by atomic mass is 9.97. The molecule has 0 radical (unpaired) electrons. The van der Waals surface area contributed by atoms with Gasteiger partial charge in [0.15, 0.2) is 34.4 Å². The van der Waals surface area contributed by atoms with Crippen LogP contribution in [0.25, 0.3) is 56.8 Å². The van der Waals surface area contributed by atoms with Crippen LogP contribution >= 0.6 is 0 Å². The van der Waals surface area contributed by atoms with Crippen LogP contribution in [0.4, 0.5) is 36.6 Å². The molecule has 0 saturated heterocycles. The highest BCUT2D eigenvalue weighted by Gasteiger charge is 2.39. The largest absolute Gasteiger partial charge is 0.496 e. The van der Waals surface area contributed by atoms with Crippen molar-refractivity contribution < 1.29 is 44.9 Å². The van der Waals surface area contributed by atoms with Gasteiger partial charge < -0.3 is 19.1 Å². The number of hydrogen-bond donors (Lipinski definition) is 0. The number of alkyl halides is 6. The second-order valence-electron chi connectivity index (χ2n) is 17.9. The molecule has 1 aliphatic rings. The molecule has 410 valence electrons. The van der Waals surface area contributed by atoms with Crippen molar-refractivity contribution in [2.45, 2.75) is 45.5 Å². The molecule has 0 aliphatic carbocycles. The molecule has 12 rings (SSSR count). The molecule has 11 aromatic rings. The van der Waals surface area contributed by atoms with Gasteiger partial charge >= 0.3 is 12.4 Å². The number of methoxy groups -OCH3 is 3. The Labute approximate surface area is 447 Å². The first-order valence-electron chi connectivity index (χ1n) is 24.1. The second kappa shape index (κ2) is 21.8. The van der Waals surface area contributed by atoms with E-state index in [0.717, 1.165) is 64.2 Å². The number of aromatic nitrogens is 18. The maximum atomic E-state index is 13.0. The number of ether oxygens (including phenoxy) is 3. The number of halogens is 7. The van der Waals surface area contributed by atoms with Crippen LogP contribution < -0.4 is 19.1 Å². The van der Waals surface area contributed by atoms with Crippen molar-refractivity contribution in [3.63, 3.8) is 0 Å². The Balaban J connectivity index is 0.000000135. The third kappa shape index (κ3) is 11.1. The molecule has 8 aromatic heterocycles. The Kier molecular flexibility index (Phi) is 14.6. The van der Waals surface area contributed by atoms with Gasteiger partial charge in [0.05, 0.1) is 32.6 Å². The van der Waals surface area contributed by atoms with Crippen LogP contribution in [0.15, 0.2) is 116 Å². The number of hydrogen-bond acceptors (Lipinski definition) is 17. The quantitative estimate of drug-likeness (QED) is 0.117. The van der Waals surface area contributed by atoms with E-state index < -0.39 is 24.0 Å². The topological polar surface area (TPSA) is 222 Å². The summed E-state index contributed by atoms with van der Waals surface area (Å²) in [6.07, 6.45) is -3.31. The van der Waals surface area contributed by atoms with Crippen molar-refractivity contribution in [1.29, 1.82) is 0 Å². The summed E-state index contributed by atoms with van der Waals surface area (Å²) in [6.45, 7) is 7.65. The van der Waals surface area contributed by atoms with Crippen molar-refractivity contribution in [2.75, 3.05) is 39.3 Å². The lowest BCUT2D eigenvalue weighted by Gasteiger charge is -2.28. The monoisotopic (exact) mass is 1100 g/mol. The number of rotatable bonds is 10. The summed E-state index contributed by atoms with van der Waals surface area (Å²) in [5.41, 5.74) is 5.98. The summed E-state index contributed by atoms with van der Waals surface area (Å²) >= 11 is 0. The van der Waals surface area contributed by atoms with Gasteiger partial charge in [-0.05, 0) is 96.3 Å². The standard InChI is InChI=1S/C20H23N5O3.C16H13F3N8.C15H8F4N6/c1-13-21-22-18-5-6-19(23-25(13)18)24-9-7-14(8-10-24)20-16(27-3)11-15(26-2)12-17(20)28-4;1-9(2)10-3-5-11(6-4-10)14-21-25-27(24-14)13-8-7-12-20-22-15(16(17,18)19)26(12)23-13;16-10-3-1-9(2-4-10)11-7-24(8-20-11)13-6-5-12-21-22-14(15(17,18)19)25(12)23-13/h5-7,11-12H,8-10H2,1-4H3;3-9H,1-2H3;1-8H. The van der Waals surface area contributed by atoms with Crippen molar-refractivity contribution >= 4 is 28.3 Å². The molecule has 1 aliphatic heterocycles. The highest BCUT2D eigenvalue weighted by Crippen LogP contribution is 2.41. The van der Waals surface area contributed by atoms with Crippen LogP contribution in [-0.4, -0.2) is 124 Å². The molecule has 3 aromatic carbocycles. The van der Waals surface area contributed by atoms with Crippen molar-refractivity contribution in [3.8, 4) is 51.5 Å². The average Bonchev–Trinajstić information content (AvgIpc) is 4.40. The van der Waals surface area contributed by atoms with Gasteiger partial charge in [0, 0.05) is 42.5 Å². The SMILES string of the molecule is CC(C)c1ccc(-c2nnn(-c3ccc4nnc(C(F)(F)F)n4n3)n2)cc1.COc1cc(OC)c(C2=CCN(c3ccc4nnc(C)n4n3)CC2)c(OC)c1.Fc1ccc(-c2cn(-c3ccc4nnc(C(F)(F)F)n4n3)cn2)cc1. The molecule has 29 heteroatoms. The van der Waals surface area contributed by atoms with Gasteiger partial charge in [-0.3, -0.25) is 4.57 Å². The van der Waals surface area contributed by atoms with Gasteiger partial charge in [0.25, 0.3) is 11.6 Å². The molecule has 80 heavy (non-hydrogen) atoms. The lowest BCUT2D eigenvalue weighted by Crippen LogP contribution is -2.29. The third-order valence-corrected chi connectivity index (χ3v) is 12.4. The molecule has 0 N–H and O–H groups in total. The normalized spacial score (nSPS) is 12.8. The number of nitrogens with zero attached hydrogens (tertiary/aromatic N) is 19. The molecule has 0 unspecified atom stereocenters. The number of anilines is 1. The Morgan fingerprint density at radius 2 is 1.15 bits per heavy atom. The van der Waals surface area contributed by atoms with Crippen LogP contribution in [-0.2, 0) is 12.4 Å². The predicted octanol–water partition coefficient (Wildman–Crippen LogP) is 8.80. The van der Waals surface area contributed by atoms with Gasteiger partial charge in [-0.25, -0.2) is 9.37 Å². The lowest BCUT2D eigenvalue weighted by molar-refractivity contribution is -0.147. The minimum Gasteiger partial charge on any atom is -0.496 e. The van der Waals surface area contributed by atoms with E-state index in [4.69, 9.17) is 14.2 Å². The van der Waals surface area contributed by atoms with Crippen LogP contribution in [0.1, 0.15) is 54.8 Å². The first-order valence-corrected chi connectivity index (χ1v) is 24.1. The highest BCUT2D eigenvalue weighted by molar-refractivity contribution is 5.78. The van der Waals surface area contributed by atoms with Crippen LogP contribution in [0.3, 0.4) is 0 Å². The fourth-order valence-electron chi connectivity index (χ4n) is 8.30. The maximum Gasteiger partial charge on any atom is 0.453 e. The van der Waals surface area contributed by atoms with E-state index in [2.05, 4.69) is 91.1 Å². The third-order valence-electron chi connectivity index (χ3n) is 12.4. The Morgan fingerprint density at radius 1 is 0.588 bits per heavy atom. The van der Waals surface area contributed by atoms with Gasteiger partial charge in [-0.2, -0.15) is 39.9 Å². The molecular formula is C51H44F7N19O3. The predicted molar refractivity (Wildman–Crippen MR) is 273 cm³/mol. The molecule has 9 heterocycles. The Hall–Kier alpha value is -9.96. The van der Waals surface area contributed by atoms with Crippen LogP contribution in [0.2, 0.25) is 0 Å². The zero-order valence-corrected chi connectivity index (χ0v) is 43.0. The van der Waals surface area contributed by atoms with Gasteiger partial charge in [-0.1, -0.05) is 44.2 Å². The summed E-state index contributed by atoms with van der Waals surface area (Å²) in [5.74, 6) is 2.08. The van der Waals surface area contributed by atoms with Gasteiger partial charge in [0.1, 0.15) is 35.2 Å². The summed E-state index contributed by atoms with van der Waals surface area (Å²) in [4.78, 5) is 7.46. The number of aryl methyl sites for hydroxylation is 1. The van der Waals surface area contributed by atoms with Crippen molar-refractivity contribution in [2.24, 2.45) is 0 Å². The van der Waals surface area contributed by atoms with E-state index >= 15 is 0 Å². The summed E-state index contributed by atoms with van der Waals surface area (Å²) < 4.78 is 112. The molecule has 22 nitrogen and oxygen atoms in total. The minimum absolute atomic E-state index is 0.0186. The van der Waals surface area contributed by atoms with Gasteiger partial charge in [0.2, 0.25) is 5.82 Å². The number of imidazole rings is 1. The molecule has 0 bridgehead atoms. The fraction of sp³-hybridized carbons (Fsp3) is 0.235. The van der Waals surface area contributed by atoms with E-state index in [1.807, 2.05) is 55.5 Å². The molecule has 0 amide bonds. The van der Waals surface area contributed by atoms with E-state index in [0.29, 0.717) is 37.8 Å². The number of benzene rings is 3. The van der Waals surface area contributed by atoms with Gasteiger partial charge in [-0.15, -0.1) is 60.9 Å². The van der Waals surface area contributed by atoms with Crippen molar-refractivity contribution in [1.82, 2.24) is 89.2 Å². The van der Waals surface area contributed by atoms with Crippen LogP contribution in [0, 0.1) is 12.7 Å². The first-order chi connectivity index (χ1) is 38.4. The maximum absolute atomic E-state index is 13.0. The fourth-order valence-corrected chi connectivity index (χ4v) is 8.30. The first kappa shape index (κ1) is 53.4. The molecule has 0 saturated carbocycles. The minimum atomic E-state index is -4.68. The summed E-state index contributed by atoms with van der Waals surface area (Å²) in [6, 6.07) is 26.8.